The Labute approximate surface area is 101 Å². The molecule has 1 saturated heterocycles. The van der Waals surface area contributed by atoms with Crippen LogP contribution in [0.3, 0.4) is 0 Å². The number of amides is 1. The number of nitrogens with two attached hydrogens (primary N) is 1. The lowest BCUT2D eigenvalue weighted by Crippen LogP contribution is -2.69. The predicted octanol–water partition coefficient (Wildman–Crippen LogP) is 0.263. The van der Waals surface area contributed by atoms with Crippen molar-refractivity contribution in [2.75, 3.05) is 6.61 Å². The smallest absolute Gasteiger partial charge is 0.224 e. The van der Waals surface area contributed by atoms with E-state index < -0.39 is 0 Å². The van der Waals surface area contributed by atoms with E-state index in [1.807, 2.05) is 0 Å². The molecule has 4 nitrogen and oxygen atoms in total. The largest absolute Gasteiger partial charge is 0.376 e. The number of carbonyl (C=O) groups excluding carboxylic acids is 1. The zero-order chi connectivity index (χ0) is 11.6. The second kappa shape index (κ2) is 3.45. The van der Waals surface area contributed by atoms with Crippen molar-refractivity contribution in [3.63, 3.8) is 0 Å². The summed E-state index contributed by atoms with van der Waals surface area (Å²) in [5.74, 6) is 2.41. The van der Waals surface area contributed by atoms with Gasteiger partial charge in [-0.05, 0) is 31.1 Å². The highest BCUT2D eigenvalue weighted by Crippen LogP contribution is 2.57. The molecule has 4 rings (SSSR count). The summed E-state index contributed by atoms with van der Waals surface area (Å²) in [7, 11) is 0. The normalized spacial score (nSPS) is 54.8. The molecule has 6 atom stereocenters. The van der Waals surface area contributed by atoms with Gasteiger partial charge in [0.25, 0.3) is 0 Å². The molecule has 1 aliphatic heterocycles. The van der Waals surface area contributed by atoms with E-state index in [9.17, 15) is 4.79 Å². The second-order valence-electron chi connectivity index (χ2n) is 6.18. The lowest BCUT2D eigenvalue weighted by atomic mass is 9.72. The predicted molar refractivity (Wildman–Crippen MR) is 62.1 cm³/mol. The van der Waals surface area contributed by atoms with Gasteiger partial charge < -0.3 is 15.8 Å². The summed E-state index contributed by atoms with van der Waals surface area (Å²) in [5.41, 5.74) is 6.10. The number of rotatable bonds is 2. The van der Waals surface area contributed by atoms with Crippen molar-refractivity contribution in [2.24, 2.45) is 29.4 Å². The Morgan fingerprint density at radius 3 is 2.71 bits per heavy atom. The molecule has 0 aromatic rings. The van der Waals surface area contributed by atoms with Gasteiger partial charge in [-0.3, -0.25) is 4.79 Å². The van der Waals surface area contributed by atoms with E-state index in [-0.39, 0.29) is 24.1 Å². The van der Waals surface area contributed by atoms with Gasteiger partial charge in [0.1, 0.15) is 0 Å². The van der Waals surface area contributed by atoms with Crippen molar-refractivity contribution < 1.29 is 9.53 Å². The maximum absolute atomic E-state index is 12.1. The Kier molecular flexibility index (Phi) is 2.10. The van der Waals surface area contributed by atoms with Crippen molar-refractivity contribution in [3.8, 4) is 0 Å². The van der Waals surface area contributed by atoms with Crippen LogP contribution in [0.2, 0.25) is 0 Å². The monoisotopic (exact) mass is 236 g/mol. The van der Waals surface area contributed by atoms with Gasteiger partial charge in [-0.1, -0.05) is 6.42 Å². The highest BCUT2D eigenvalue weighted by Gasteiger charge is 2.59. The van der Waals surface area contributed by atoms with Crippen LogP contribution < -0.4 is 11.1 Å². The fourth-order valence-corrected chi connectivity index (χ4v) is 4.40. The fourth-order valence-electron chi connectivity index (χ4n) is 4.40. The summed E-state index contributed by atoms with van der Waals surface area (Å²) in [6.07, 6.45) is 5.08. The van der Waals surface area contributed by atoms with Gasteiger partial charge >= 0.3 is 0 Å². The molecule has 3 saturated carbocycles. The summed E-state index contributed by atoms with van der Waals surface area (Å²) in [5, 5.41) is 3.14. The van der Waals surface area contributed by atoms with Crippen LogP contribution in [-0.4, -0.2) is 30.7 Å². The maximum atomic E-state index is 12.1. The molecule has 4 heteroatoms. The third-order valence-corrected chi connectivity index (χ3v) is 5.46. The summed E-state index contributed by atoms with van der Waals surface area (Å²) in [4.78, 5) is 12.1. The molecule has 17 heavy (non-hydrogen) atoms. The molecule has 4 fully saturated rings. The van der Waals surface area contributed by atoms with Crippen molar-refractivity contribution >= 4 is 5.91 Å². The van der Waals surface area contributed by atoms with E-state index in [0.717, 1.165) is 13.0 Å². The second-order valence-corrected chi connectivity index (χ2v) is 6.18. The lowest BCUT2D eigenvalue weighted by Gasteiger charge is -2.45. The Morgan fingerprint density at radius 1 is 1.18 bits per heavy atom. The number of nitrogens with one attached hydrogen (secondary N) is 1. The van der Waals surface area contributed by atoms with Crippen molar-refractivity contribution in [1.82, 2.24) is 5.32 Å². The van der Waals surface area contributed by atoms with Crippen LogP contribution in [0.1, 0.15) is 25.7 Å². The van der Waals surface area contributed by atoms with Crippen LogP contribution in [0.5, 0.6) is 0 Å². The molecule has 1 heterocycles. The Morgan fingerprint density at radius 2 is 1.94 bits per heavy atom. The van der Waals surface area contributed by atoms with E-state index in [2.05, 4.69) is 5.32 Å². The maximum Gasteiger partial charge on any atom is 0.224 e. The first-order valence-electron chi connectivity index (χ1n) is 6.95. The average molecular weight is 236 g/mol. The van der Waals surface area contributed by atoms with Gasteiger partial charge in [-0.15, -0.1) is 0 Å². The minimum Gasteiger partial charge on any atom is -0.376 e. The van der Waals surface area contributed by atoms with E-state index in [4.69, 9.17) is 10.5 Å². The summed E-state index contributed by atoms with van der Waals surface area (Å²) >= 11 is 0. The molecule has 4 aliphatic rings. The van der Waals surface area contributed by atoms with Gasteiger partial charge in [0.15, 0.2) is 0 Å². The molecule has 0 spiro atoms. The van der Waals surface area contributed by atoms with Gasteiger partial charge in [0.05, 0.1) is 12.1 Å². The number of hydrogen-bond donors (Lipinski definition) is 2. The minimum absolute atomic E-state index is 0.0799. The molecule has 0 aromatic heterocycles. The number of hydrogen-bond acceptors (Lipinski definition) is 3. The SMILES string of the molecule is NC1C2CCOC2C1NC(=O)C1C2CCCC21. The van der Waals surface area contributed by atoms with Gasteiger partial charge in [0.2, 0.25) is 5.91 Å². The topological polar surface area (TPSA) is 64.3 Å². The zero-order valence-electron chi connectivity index (χ0n) is 9.97. The number of ether oxygens (including phenoxy) is 1. The molecule has 0 radical (unpaired) electrons. The first-order chi connectivity index (χ1) is 8.27. The van der Waals surface area contributed by atoms with Crippen LogP contribution in [-0.2, 0) is 9.53 Å². The van der Waals surface area contributed by atoms with E-state index in [0.29, 0.717) is 23.7 Å². The third kappa shape index (κ3) is 1.34. The Hall–Kier alpha value is -0.610. The average Bonchev–Trinajstić information content (AvgIpc) is 2.72. The lowest BCUT2D eigenvalue weighted by molar-refractivity contribution is -0.127. The number of carbonyl (C=O) groups is 1. The van der Waals surface area contributed by atoms with Gasteiger partial charge in [-0.25, -0.2) is 0 Å². The molecular weight excluding hydrogens is 216 g/mol. The zero-order valence-corrected chi connectivity index (χ0v) is 9.97. The summed E-state index contributed by atoms with van der Waals surface area (Å²) in [6.45, 7) is 0.810. The highest BCUT2D eigenvalue weighted by molar-refractivity contribution is 5.83. The fraction of sp³-hybridized carbons (Fsp3) is 0.923. The Balaban J connectivity index is 1.37. The standard InChI is InChI=1S/C13H20N2O2/c14-10-8-4-5-17-12(8)11(10)15-13(16)9-6-2-1-3-7(6)9/h6-12H,1-5,14H2,(H,15,16). The van der Waals surface area contributed by atoms with Crippen LogP contribution in [0.15, 0.2) is 0 Å². The molecule has 94 valence electrons. The molecule has 3 N–H and O–H groups in total. The van der Waals surface area contributed by atoms with E-state index >= 15 is 0 Å². The van der Waals surface area contributed by atoms with Gasteiger partial charge in [-0.2, -0.15) is 0 Å². The molecule has 0 bridgehead atoms. The van der Waals surface area contributed by atoms with Crippen LogP contribution in [0.4, 0.5) is 0 Å². The minimum atomic E-state index is 0.0799. The van der Waals surface area contributed by atoms with Crippen LogP contribution in [0.25, 0.3) is 0 Å². The Bertz CT molecular complexity index is 349. The first kappa shape index (κ1) is 10.3. The molecule has 1 amide bonds. The highest BCUT2D eigenvalue weighted by atomic mass is 16.5. The van der Waals surface area contributed by atoms with E-state index in [1.54, 1.807) is 0 Å². The van der Waals surface area contributed by atoms with Gasteiger partial charge in [0, 0.05) is 24.5 Å². The van der Waals surface area contributed by atoms with E-state index in [1.165, 1.54) is 19.3 Å². The quantitative estimate of drug-likeness (QED) is 0.723. The molecule has 3 aliphatic carbocycles. The van der Waals surface area contributed by atoms with Crippen molar-refractivity contribution in [3.05, 3.63) is 0 Å². The molecular formula is C13H20N2O2. The summed E-state index contributed by atoms with van der Waals surface area (Å²) in [6, 6.07) is 0.196. The van der Waals surface area contributed by atoms with Crippen molar-refractivity contribution in [2.45, 2.75) is 43.9 Å². The van der Waals surface area contributed by atoms with Crippen molar-refractivity contribution in [1.29, 1.82) is 0 Å². The third-order valence-electron chi connectivity index (χ3n) is 5.46. The molecule has 6 unspecified atom stereocenters. The van der Waals surface area contributed by atoms with Crippen LogP contribution >= 0.6 is 0 Å². The first-order valence-corrected chi connectivity index (χ1v) is 6.95. The number of fused-ring (bicyclic) bond motifs is 2. The van der Waals surface area contributed by atoms with Crippen LogP contribution in [0, 0.1) is 23.7 Å². The molecule has 0 aromatic carbocycles. The summed E-state index contributed by atoms with van der Waals surface area (Å²) < 4.78 is 5.64.